The number of halogens is 9. The van der Waals surface area contributed by atoms with Crippen LogP contribution in [0.1, 0.15) is 22.8 Å². The number of hydrogen-bond donors (Lipinski definition) is 1. The van der Waals surface area contributed by atoms with E-state index in [1.54, 1.807) is 0 Å². The Bertz CT molecular complexity index is 1030. The van der Waals surface area contributed by atoms with Gasteiger partial charge >= 0.3 is 23.7 Å². The number of carbonyl (C=O) groups is 2. The highest BCUT2D eigenvalue weighted by molar-refractivity contribution is 7.16. The molecule has 192 valence electrons. The van der Waals surface area contributed by atoms with Crippen molar-refractivity contribution in [2.75, 3.05) is 20.2 Å². The van der Waals surface area contributed by atoms with E-state index in [0.717, 1.165) is 15.9 Å². The van der Waals surface area contributed by atoms with Gasteiger partial charge in [-0.2, -0.15) is 40.2 Å². The van der Waals surface area contributed by atoms with Crippen molar-refractivity contribution in [3.05, 3.63) is 16.4 Å². The summed E-state index contributed by atoms with van der Waals surface area (Å²) in [4.78, 5) is 25.8. The molecule has 0 saturated carbocycles. The Morgan fingerprint density at radius 3 is 2.29 bits per heavy atom. The van der Waals surface area contributed by atoms with Crippen molar-refractivity contribution in [2.24, 2.45) is 5.92 Å². The van der Waals surface area contributed by atoms with Crippen LogP contribution >= 0.6 is 22.9 Å². The highest BCUT2D eigenvalue weighted by Gasteiger charge is 2.42. The molecule has 1 aliphatic heterocycles. The van der Waals surface area contributed by atoms with Crippen LogP contribution in [-0.4, -0.2) is 68.1 Å². The van der Waals surface area contributed by atoms with Gasteiger partial charge in [0.2, 0.25) is 4.96 Å². The number of imidazole rings is 1. The lowest BCUT2D eigenvalue weighted by atomic mass is 10.0. The van der Waals surface area contributed by atoms with Crippen molar-refractivity contribution in [1.29, 1.82) is 0 Å². The monoisotopic (exact) mass is 546 g/mol. The lowest BCUT2D eigenvalue weighted by molar-refractivity contribution is -0.192. The third-order valence-electron chi connectivity index (χ3n) is 4.28. The third-order valence-corrected chi connectivity index (χ3v) is 5.32. The van der Waals surface area contributed by atoms with E-state index in [-0.39, 0.29) is 36.9 Å². The maximum Gasteiger partial charge on any atom is 0.490 e. The molecule has 1 aliphatic rings. The minimum absolute atomic E-state index is 0.0405. The molecule has 0 bridgehead atoms. The van der Waals surface area contributed by atoms with Crippen molar-refractivity contribution in [3.63, 3.8) is 0 Å². The molecule has 1 unspecified atom stereocenters. The summed E-state index contributed by atoms with van der Waals surface area (Å²) in [5, 5.41) is 8.09. The highest BCUT2D eigenvalue weighted by Crippen LogP contribution is 2.35. The molecule has 3 rings (SSSR count). The van der Waals surface area contributed by atoms with Crippen molar-refractivity contribution >= 4 is 39.7 Å². The summed E-state index contributed by atoms with van der Waals surface area (Å²) in [6, 6.07) is 0. The first-order valence-corrected chi connectivity index (χ1v) is 10.2. The van der Waals surface area contributed by atoms with E-state index < -0.39 is 47.5 Å². The second kappa shape index (κ2) is 10.2. The molecule has 1 saturated heterocycles. The maximum atomic E-state index is 13.3. The van der Waals surface area contributed by atoms with Gasteiger partial charge in [-0.25, -0.2) is 14.3 Å². The van der Waals surface area contributed by atoms with Gasteiger partial charge < -0.3 is 9.84 Å². The molecule has 2 aromatic rings. The van der Waals surface area contributed by atoms with Crippen LogP contribution < -0.4 is 0 Å². The first-order chi connectivity index (χ1) is 15.4. The van der Waals surface area contributed by atoms with Crippen LogP contribution in [0.25, 0.3) is 4.96 Å². The number of ether oxygens (including phenoxy) is 1. The van der Waals surface area contributed by atoms with Gasteiger partial charge in [0.15, 0.2) is 11.5 Å². The van der Waals surface area contributed by atoms with Crippen molar-refractivity contribution < 1.29 is 54.6 Å². The molecule has 1 fully saturated rings. The lowest BCUT2D eigenvalue weighted by Gasteiger charge is -2.16. The van der Waals surface area contributed by atoms with Crippen LogP contribution in [-0.2, 0) is 33.7 Å². The van der Waals surface area contributed by atoms with E-state index in [4.69, 9.17) is 26.2 Å². The number of alkyl halides is 9. The second-order valence-corrected chi connectivity index (χ2v) is 8.58. The van der Waals surface area contributed by atoms with E-state index in [1.807, 2.05) is 0 Å². The number of carbonyl (C=O) groups excluding carboxylic acids is 1. The van der Waals surface area contributed by atoms with Crippen LogP contribution in [0.4, 0.5) is 35.1 Å². The number of Topliss-reactive ketones (excluding diaryl/α,β-unsaturated/α-hetero) is 1. The Balaban J connectivity index is 0.000000509. The molecule has 2 aromatic heterocycles. The molecule has 1 N–H and O–H groups in total. The molecule has 0 aromatic carbocycles. The van der Waals surface area contributed by atoms with Crippen molar-refractivity contribution in [2.45, 2.75) is 37.3 Å². The first-order valence-electron chi connectivity index (χ1n) is 8.97. The number of fused-ring (bicyclic) bond motifs is 1. The maximum absolute atomic E-state index is 13.3. The lowest BCUT2D eigenvalue weighted by Crippen LogP contribution is -2.24. The molecular weight excluding hydrogens is 532 g/mol. The number of aliphatic carboxylic acids is 1. The smallest absolute Gasteiger partial charge is 0.475 e. The van der Waals surface area contributed by atoms with Gasteiger partial charge in [0, 0.05) is 32.5 Å². The Morgan fingerprint density at radius 1 is 1.24 bits per heavy atom. The molecule has 3 heterocycles. The van der Waals surface area contributed by atoms with E-state index in [0.29, 0.717) is 5.01 Å². The van der Waals surface area contributed by atoms with Gasteiger partial charge in [-0.15, -0.1) is 0 Å². The minimum atomic E-state index is -5.08. The Labute approximate surface area is 194 Å². The van der Waals surface area contributed by atoms with Crippen LogP contribution in [0.3, 0.4) is 0 Å². The number of rotatable bonds is 6. The molecule has 0 aliphatic carbocycles. The molecule has 0 radical (unpaired) electrons. The first kappa shape index (κ1) is 28.1. The molecule has 0 spiro atoms. The SMILES string of the molecule is COCc1nn2c(CN3CC(=O)C(CC(F)(F)Cl)C3)c(C(F)(F)F)nc2s1.O=C(O)C(F)(F)F. The summed E-state index contributed by atoms with van der Waals surface area (Å²) in [5.74, 6) is -4.27. The van der Waals surface area contributed by atoms with E-state index in [2.05, 4.69) is 10.1 Å². The van der Waals surface area contributed by atoms with Gasteiger partial charge in [0.25, 0.3) is 0 Å². The van der Waals surface area contributed by atoms with E-state index in [1.165, 1.54) is 12.0 Å². The number of carboxylic acids is 1. The average molecular weight is 547 g/mol. The standard InChI is InChI=1S/C14H14ClF5N4O2S.C2HF3O2/c1-26-6-10-22-24-8(11(14(18,19)20)21-12(24)27-10)4-23-3-7(9(25)5-23)2-13(15,16)17;3-2(4,5)1(6)7/h7H,2-6H2,1H3;(H,6,7). The topological polar surface area (TPSA) is 97.0 Å². The second-order valence-electron chi connectivity index (χ2n) is 6.98. The summed E-state index contributed by atoms with van der Waals surface area (Å²) >= 11 is 5.83. The Morgan fingerprint density at radius 2 is 1.82 bits per heavy atom. The number of carboxylic acid groups (broad SMARTS) is 1. The van der Waals surface area contributed by atoms with Crippen LogP contribution in [0.2, 0.25) is 0 Å². The molecule has 18 heteroatoms. The zero-order valence-corrected chi connectivity index (χ0v) is 18.5. The molecule has 1 atom stereocenters. The fourth-order valence-corrected chi connectivity index (χ4v) is 4.07. The predicted molar refractivity (Wildman–Crippen MR) is 99.5 cm³/mol. The van der Waals surface area contributed by atoms with Gasteiger partial charge in [-0.3, -0.25) is 9.69 Å². The van der Waals surface area contributed by atoms with E-state index >= 15 is 0 Å². The predicted octanol–water partition coefficient (Wildman–Crippen LogP) is 3.81. The van der Waals surface area contributed by atoms with Crippen LogP contribution in [0.15, 0.2) is 0 Å². The van der Waals surface area contributed by atoms with Gasteiger partial charge in [0.1, 0.15) is 5.01 Å². The quantitative estimate of drug-likeness (QED) is 0.435. The summed E-state index contributed by atoms with van der Waals surface area (Å²) < 4.78 is 104. The van der Waals surface area contributed by atoms with Gasteiger partial charge in [-0.05, 0) is 11.6 Å². The molecule has 34 heavy (non-hydrogen) atoms. The number of methoxy groups -OCH3 is 1. The summed E-state index contributed by atoms with van der Waals surface area (Å²) in [7, 11) is 1.43. The largest absolute Gasteiger partial charge is 0.490 e. The van der Waals surface area contributed by atoms with Gasteiger partial charge in [-0.1, -0.05) is 11.3 Å². The zero-order chi connectivity index (χ0) is 26.1. The third kappa shape index (κ3) is 7.44. The Kier molecular flexibility index (Phi) is 8.48. The van der Waals surface area contributed by atoms with Crippen molar-refractivity contribution in [3.8, 4) is 0 Å². The number of nitrogens with zero attached hydrogens (tertiary/aromatic N) is 4. The summed E-state index contributed by atoms with van der Waals surface area (Å²) in [6.07, 6.45) is -10.6. The average Bonchev–Trinajstić information content (AvgIpc) is 3.28. The zero-order valence-electron chi connectivity index (χ0n) is 16.9. The van der Waals surface area contributed by atoms with Gasteiger partial charge in [0.05, 0.1) is 18.8 Å². The molecular formula is C16H15ClF8N4O4S. The highest BCUT2D eigenvalue weighted by atomic mass is 35.5. The molecule has 8 nitrogen and oxygen atoms in total. The number of aromatic nitrogens is 3. The van der Waals surface area contributed by atoms with Crippen LogP contribution in [0.5, 0.6) is 0 Å². The molecule has 0 amide bonds. The summed E-state index contributed by atoms with van der Waals surface area (Å²) in [6.45, 7) is -0.538. The Hall–Kier alpha value is -2.11. The number of likely N-dealkylation sites (tertiary alicyclic amines) is 1. The fraction of sp³-hybridized carbons (Fsp3) is 0.625. The normalized spacial score (nSPS) is 17.8. The fourth-order valence-electron chi connectivity index (χ4n) is 3.00. The van der Waals surface area contributed by atoms with Crippen molar-refractivity contribution in [1.82, 2.24) is 19.5 Å². The van der Waals surface area contributed by atoms with E-state index in [9.17, 15) is 39.9 Å². The number of ketones is 1. The summed E-state index contributed by atoms with van der Waals surface area (Å²) in [5.41, 5.74) is -1.36. The minimum Gasteiger partial charge on any atom is -0.475 e. The number of hydrogen-bond acceptors (Lipinski definition) is 7. The van der Waals surface area contributed by atoms with Crippen LogP contribution in [0, 0.1) is 5.92 Å².